The lowest BCUT2D eigenvalue weighted by Gasteiger charge is -2.42. The van der Waals surface area contributed by atoms with Crippen LogP contribution in [0.5, 0.6) is 0 Å². The zero-order valence-electron chi connectivity index (χ0n) is 12.4. The molecule has 0 aromatic heterocycles. The Labute approximate surface area is 138 Å². The maximum Gasteiger partial charge on any atom is 0.187 e. The van der Waals surface area contributed by atoms with Crippen molar-refractivity contribution in [2.45, 2.75) is 61.5 Å². The van der Waals surface area contributed by atoms with Crippen molar-refractivity contribution in [1.82, 2.24) is 0 Å². The smallest absolute Gasteiger partial charge is 0.187 e. The van der Waals surface area contributed by atoms with Crippen LogP contribution >= 0.6 is 12.6 Å². The molecule has 6 unspecified atom stereocenters. The van der Waals surface area contributed by atoms with Crippen LogP contribution in [0, 0.1) is 0 Å². The standard InChI is InChI=1S/C13H24O9S/c14-3-6-12(8(16)5(15)1-2-20-6)22-13-11(19)10(18)9(17)7(4-23)21-13/h5-19,23H,1-4H2/t5?,6?,7?,8?,9-,10?,11?,12-,13-/m0/s1. The van der Waals surface area contributed by atoms with Crippen LogP contribution in [-0.2, 0) is 14.2 Å². The molecule has 23 heavy (non-hydrogen) atoms. The van der Waals surface area contributed by atoms with Gasteiger partial charge in [0, 0.05) is 12.4 Å². The highest BCUT2D eigenvalue weighted by molar-refractivity contribution is 7.80. The third-order valence-electron chi connectivity index (χ3n) is 4.16. The van der Waals surface area contributed by atoms with Gasteiger partial charge >= 0.3 is 0 Å². The van der Waals surface area contributed by atoms with E-state index >= 15 is 0 Å². The van der Waals surface area contributed by atoms with Gasteiger partial charge in [-0.15, -0.1) is 0 Å². The molecule has 0 amide bonds. The Kier molecular flexibility index (Phi) is 7.04. The largest absolute Gasteiger partial charge is 0.394 e. The Morgan fingerprint density at radius 1 is 0.957 bits per heavy atom. The second-order valence-electron chi connectivity index (χ2n) is 5.74. The minimum absolute atomic E-state index is 0.0700. The molecule has 2 saturated heterocycles. The summed E-state index contributed by atoms with van der Waals surface area (Å²) in [6.45, 7) is -0.351. The molecule has 0 bridgehead atoms. The molecule has 10 heteroatoms. The van der Waals surface area contributed by atoms with Crippen LogP contribution in [0.25, 0.3) is 0 Å². The Morgan fingerprint density at radius 2 is 1.65 bits per heavy atom. The molecule has 2 aliphatic rings. The van der Waals surface area contributed by atoms with Gasteiger partial charge in [-0.05, 0) is 6.42 Å². The number of thiol groups is 1. The summed E-state index contributed by atoms with van der Waals surface area (Å²) in [4.78, 5) is 0. The molecule has 6 N–H and O–H groups in total. The fraction of sp³-hybridized carbons (Fsp3) is 1.00. The second kappa shape index (κ2) is 8.39. The SMILES string of the molecule is OCC1OCCC(O)C(O)[C@H]1O[C@@H]1OC(CS)[C@H](O)C(O)C1O. The van der Waals surface area contributed by atoms with Gasteiger partial charge in [0.2, 0.25) is 0 Å². The third kappa shape index (κ3) is 4.15. The summed E-state index contributed by atoms with van der Waals surface area (Å²) in [5.41, 5.74) is 0. The number of ether oxygens (including phenoxy) is 3. The van der Waals surface area contributed by atoms with Gasteiger partial charge in [-0.2, -0.15) is 12.6 Å². The zero-order chi connectivity index (χ0) is 17.1. The van der Waals surface area contributed by atoms with Gasteiger partial charge < -0.3 is 44.8 Å². The van der Waals surface area contributed by atoms with Crippen LogP contribution in [0.1, 0.15) is 6.42 Å². The number of rotatable bonds is 4. The molecule has 9 atom stereocenters. The van der Waals surface area contributed by atoms with Gasteiger partial charge in [0.25, 0.3) is 0 Å². The molecule has 2 heterocycles. The molecular weight excluding hydrogens is 332 g/mol. The van der Waals surface area contributed by atoms with E-state index in [0.29, 0.717) is 0 Å². The Bertz CT molecular complexity index is 369. The molecule has 0 radical (unpaired) electrons. The van der Waals surface area contributed by atoms with E-state index in [0.717, 1.165) is 0 Å². The maximum absolute atomic E-state index is 10.1. The first kappa shape index (κ1) is 19.3. The fourth-order valence-corrected chi connectivity index (χ4v) is 3.01. The average molecular weight is 356 g/mol. The van der Waals surface area contributed by atoms with Crippen LogP contribution in [0.2, 0.25) is 0 Å². The monoisotopic (exact) mass is 356 g/mol. The number of hydrogen-bond acceptors (Lipinski definition) is 10. The van der Waals surface area contributed by atoms with E-state index < -0.39 is 61.7 Å². The van der Waals surface area contributed by atoms with E-state index in [1.807, 2.05) is 0 Å². The van der Waals surface area contributed by atoms with Crippen molar-refractivity contribution < 1.29 is 44.8 Å². The van der Waals surface area contributed by atoms with E-state index in [1.54, 1.807) is 0 Å². The lowest BCUT2D eigenvalue weighted by atomic mass is 9.99. The quantitative estimate of drug-likeness (QED) is 0.256. The lowest BCUT2D eigenvalue weighted by Crippen LogP contribution is -2.61. The summed E-state index contributed by atoms with van der Waals surface area (Å²) in [6.07, 6.45) is -11.2. The van der Waals surface area contributed by atoms with Crippen LogP contribution < -0.4 is 0 Å². The Hall–Kier alpha value is -0.0100. The molecule has 0 aromatic carbocycles. The Morgan fingerprint density at radius 3 is 2.26 bits per heavy atom. The molecule has 0 saturated carbocycles. The van der Waals surface area contributed by atoms with Crippen molar-refractivity contribution >= 4 is 12.6 Å². The van der Waals surface area contributed by atoms with Crippen molar-refractivity contribution in [3.05, 3.63) is 0 Å². The van der Waals surface area contributed by atoms with Crippen LogP contribution in [-0.4, -0.2) is 105 Å². The van der Waals surface area contributed by atoms with E-state index in [4.69, 9.17) is 14.2 Å². The van der Waals surface area contributed by atoms with Gasteiger partial charge in [0.15, 0.2) is 6.29 Å². The fourth-order valence-electron chi connectivity index (χ4n) is 2.70. The third-order valence-corrected chi connectivity index (χ3v) is 4.52. The molecule has 0 spiro atoms. The van der Waals surface area contributed by atoms with Gasteiger partial charge in [-0.25, -0.2) is 0 Å². The molecule has 2 aliphatic heterocycles. The average Bonchev–Trinajstić information content (AvgIpc) is 2.68. The zero-order valence-corrected chi connectivity index (χ0v) is 13.3. The summed E-state index contributed by atoms with van der Waals surface area (Å²) >= 11 is 4.00. The van der Waals surface area contributed by atoms with E-state index in [2.05, 4.69) is 12.6 Å². The van der Waals surface area contributed by atoms with E-state index in [1.165, 1.54) is 0 Å². The predicted octanol–water partition coefficient (Wildman–Crippen LogP) is -3.39. The van der Waals surface area contributed by atoms with Crippen molar-refractivity contribution in [3.63, 3.8) is 0 Å². The van der Waals surface area contributed by atoms with Crippen molar-refractivity contribution in [2.75, 3.05) is 19.0 Å². The molecule has 0 aliphatic carbocycles. The van der Waals surface area contributed by atoms with E-state index in [9.17, 15) is 30.6 Å². The summed E-state index contributed by atoms with van der Waals surface area (Å²) in [5, 5.41) is 59.0. The lowest BCUT2D eigenvalue weighted by molar-refractivity contribution is -0.319. The molecule has 136 valence electrons. The summed E-state index contributed by atoms with van der Waals surface area (Å²) in [6, 6.07) is 0. The van der Waals surface area contributed by atoms with Crippen molar-refractivity contribution in [1.29, 1.82) is 0 Å². The highest BCUT2D eigenvalue weighted by Crippen LogP contribution is 2.27. The van der Waals surface area contributed by atoms with Gasteiger partial charge in [0.05, 0.1) is 18.8 Å². The highest BCUT2D eigenvalue weighted by atomic mass is 32.1. The van der Waals surface area contributed by atoms with Crippen molar-refractivity contribution in [2.24, 2.45) is 0 Å². The number of hydrogen-bond donors (Lipinski definition) is 7. The minimum atomic E-state index is -1.58. The first-order valence-electron chi connectivity index (χ1n) is 7.45. The minimum Gasteiger partial charge on any atom is -0.394 e. The number of aliphatic hydroxyl groups is 6. The molecule has 2 rings (SSSR count). The molecule has 2 fully saturated rings. The van der Waals surface area contributed by atoms with Crippen LogP contribution in [0.4, 0.5) is 0 Å². The first-order chi connectivity index (χ1) is 10.9. The van der Waals surface area contributed by atoms with Gasteiger partial charge in [-0.3, -0.25) is 0 Å². The second-order valence-corrected chi connectivity index (χ2v) is 6.10. The van der Waals surface area contributed by atoms with Crippen LogP contribution in [0.15, 0.2) is 0 Å². The van der Waals surface area contributed by atoms with Crippen molar-refractivity contribution in [3.8, 4) is 0 Å². The first-order valence-corrected chi connectivity index (χ1v) is 8.08. The topological polar surface area (TPSA) is 149 Å². The summed E-state index contributed by atoms with van der Waals surface area (Å²) in [7, 11) is 0. The van der Waals surface area contributed by atoms with E-state index in [-0.39, 0.29) is 18.8 Å². The number of aliphatic hydroxyl groups excluding tert-OH is 6. The highest BCUT2D eigenvalue weighted by Gasteiger charge is 2.47. The summed E-state index contributed by atoms with van der Waals surface area (Å²) in [5.74, 6) is 0.0700. The van der Waals surface area contributed by atoms with Crippen LogP contribution in [0.3, 0.4) is 0 Å². The maximum atomic E-state index is 10.1. The predicted molar refractivity (Wildman–Crippen MR) is 78.9 cm³/mol. The summed E-state index contributed by atoms with van der Waals surface area (Å²) < 4.78 is 16.2. The Balaban J connectivity index is 2.13. The normalized spacial score (nSPS) is 48.9. The van der Waals surface area contributed by atoms with Gasteiger partial charge in [-0.1, -0.05) is 0 Å². The molecular formula is C13H24O9S. The van der Waals surface area contributed by atoms with Gasteiger partial charge in [0.1, 0.15) is 36.6 Å². The molecule has 0 aromatic rings. The molecule has 9 nitrogen and oxygen atoms in total.